The van der Waals surface area contributed by atoms with Crippen molar-refractivity contribution in [1.29, 1.82) is 0 Å². The summed E-state index contributed by atoms with van der Waals surface area (Å²) in [5.41, 5.74) is 1.82. The summed E-state index contributed by atoms with van der Waals surface area (Å²) in [5, 5.41) is 0.299. The fourth-order valence-electron chi connectivity index (χ4n) is 2.24. The first-order chi connectivity index (χ1) is 7.77. The molecule has 1 aromatic carbocycles. The van der Waals surface area contributed by atoms with Crippen molar-refractivity contribution in [3.05, 3.63) is 53.6 Å². The van der Waals surface area contributed by atoms with Crippen molar-refractivity contribution < 1.29 is 4.79 Å². The molecule has 0 radical (unpaired) electrons. The highest BCUT2D eigenvalue weighted by Gasteiger charge is 2.33. The molecule has 1 nitrogen and oxygen atoms in total. The lowest BCUT2D eigenvalue weighted by molar-refractivity contribution is 0.102. The summed E-state index contributed by atoms with van der Waals surface area (Å²) in [7, 11) is 0. The minimum atomic E-state index is 0.204. The molecule has 0 fully saturated rings. The van der Waals surface area contributed by atoms with Crippen molar-refractivity contribution in [2.45, 2.75) is 17.1 Å². The van der Waals surface area contributed by atoms with Gasteiger partial charge in [0.25, 0.3) is 0 Å². The summed E-state index contributed by atoms with van der Waals surface area (Å²) >= 11 is 1.81. The number of Topliss-reactive ketones (excluding diaryl/α,β-unsaturated/α-hetero) is 1. The third-order valence-electron chi connectivity index (χ3n) is 3.12. The number of hydrogen-bond donors (Lipinski definition) is 0. The Hall–Kier alpha value is -1.28. The van der Waals surface area contributed by atoms with Crippen molar-refractivity contribution in [3.8, 4) is 0 Å². The number of carbonyl (C=O) groups excluding carboxylic acids is 1. The van der Waals surface area contributed by atoms with Gasteiger partial charge in [-0.2, -0.15) is 0 Å². The summed E-state index contributed by atoms with van der Waals surface area (Å²) in [4.78, 5) is 13.4. The Morgan fingerprint density at radius 2 is 2.06 bits per heavy atom. The molecule has 2 atom stereocenters. The Kier molecular flexibility index (Phi) is 2.25. The first kappa shape index (κ1) is 9.91. The highest BCUT2D eigenvalue weighted by molar-refractivity contribution is 8.00. The Morgan fingerprint density at radius 3 is 2.94 bits per heavy atom. The van der Waals surface area contributed by atoms with Crippen molar-refractivity contribution >= 4 is 17.5 Å². The minimum absolute atomic E-state index is 0.204. The topological polar surface area (TPSA) is 17.1 Å². The smallest absolute Gasteiger partial charge is 0.191 e. The van der Waals surface area contributed by atoms with Crippen LogP contribution in [0.25, 0.3) is 0 Å². The van der Waals surface area contributed by atoms with Crippen LogP contribution in [0.15, 0.2) is 53.0 Å². The third kappa shape index (κ3) is 1.37. The van der Waals surface area contributed by atoms with Crippen LogP contribution in [-0.4, -0.2) is 11.0 Å². The van der Waals surface area contributed by atoms with E-state index in [0.29, 0.717) is 11.2 Å². The van der Waals surface area contributed by atoms with E-state index in [1.165, 1.54) is 0 Å². The second kappa shape index (κ2) is 3.63. The maximum absolute atomic E-state index is 12.3. The van der Waals surface area contributed by atoms with Crippen LogP contribution in [0, 0.1) is 5.92 Å². The Balaban J connectivity index is 2.14. The molecule has 1 heterocycles. The van der Waals surface area contributed by atoms with Crippen LogP contribution >= 0.6 is 11.8 Å². The minimum Gasteiger partial charge on any atom is -0.289 e. The van der Waals surface area contributed by atoms with Crippen molar-refractivity contribution in [3.63, 3.8) is 0 Å². The third-order valence-corrected chi connectivity index (χ3v) is 4.67. The first-order valence-electron chi connectivity index (χ1n) is 5.46. The van der Waals surface area contributed by atoms with Gasteiger partial charge in [-0.1, -0.05) is 37.3 Å². The highest BCUT2D eigenvalue weighted by atomic mass is 32.2. The molecular weight excluding hydrogens is 216 g/mol. The summed E-state index contributed by atoms with van der Waals surface area (Å²) in [6.45, 7) is 2.17. The van der Waals surface area contributed by atoms with E-state index in [0.717, 1.165) is 16.0 Å². The molecule has 80 valence electrons. The fraction of sp³-hybridized carbons (Fsp3) is 0.214. The molecule has 1 aromatic rings. The second-order valence-corrected chi connectivity index (χ2v) is 5.41. The van der Waals surface area contributed by atoms with Crippen molar-refractivity contribution in [1.82, 2.24) is 0 Å². The quantitative estimate of drug-likeness (QED) is 0.676. The average Bonchev–Trinajstić information content (AvgIpc) is 2.31. The zero-order valence-electron chi connectivity index (χ0n) is 9.01. The molecule has 1 aliphatic carbocycles. The van der Waals surface area contributed by atoms with E-state index in [1.807, 2.05) is 48.2 Å². The second-order valence-electron chi connectivity index (χ2n) is 4.23. The molecule has 2 heteroatoms. The zero-order chi connectivity index (χ0) is 11.1. The van der Waals surface area contributed by atoms with E-state index in [2.05, 4.69) is 13.0 Å². The van der Waals surface area contributed by atoms with Crippen LogP contribution in [0.3, 0.4) is 0 Å². The van der Waals surface area contributed by atoms with Crippen LogP contribution in [0.5, 0.6) is 0 Å². The van der Waals surface area contributed by atoms with E-state index < -0.39 is 0 Å². The number of allylic oxidation sites excluding steroid dienone is 3. The average molecular weight is 228 g/mol. The highest BCUT2D eigenvalue weighted by Crippen LogP contribution is 2.43. The SMILES string of the molecule is CC1C=CC=C2C(=O)c3ccccc3SC21. The van der Waals surface area contributed by atoms with Crippen molar-refractivity contribution in [2.24, 2.45) is 5.92 Å². The van der Waals surface area contributed by atoms with Gasteiger partial charge in [-0.25, -0.2) is 0 Å². The number of hydrogen-bond acceptors (Lipinski definition) is 2. The number of fused-ring (bicyclic) bond motifs is 2. The van der Waals surface area contributed by atoms with Gasteiger partial charge < -0.3 is 0 Å². The van der Waals surface area contributed by atoms with E-state index in [1.54, 1.807) is 0 Å². The number of rotatable bonds is 0. The fourth-order valence-corrected chi connectivity index (χ4v) is 3.57. The van der Waals surface area contributed by atoms with E-state index in [9.17, 15) is 4.79 Å². The van der Waals surface area contributed by atoms with Crippen LogP contribution < -0.4 is 0 Å². The molecule has 2 aliphatic rings. The Bertz CT molecular complexity index is 513. The largest absolute Gasteiger partial charge is 0.289 e. The summed E-state index contributed by atoms with van der Waals surface area (Å²) in [6, 6.07) is 7.89. The van der Waals surface area contributed by atoms with Gasteiger partial charge >= 0.3 is 0 Å². The van der Waals surface area contributed by atoms with Gasteiger partial charge in [-0.15, -0.1) is 11.8 Å². The molecule has 0 N–H and O–H groups in total. The van der Waals surface area contributed by atoms with Crippen LogP contribution in [0.1, 0.15) is 17.3 Å². The van der Waals surface area contributed by atoms with Gasteiger partial charge in [-0.05, 0) is 18.1 Å². The molecule has 3 rings (SSSR count). The molecule has 0 aromatic heterocycles. The van der Waals surface area contributed by atoms with Crippen LogP contribution in [-0.2, 0) is 0 Å². The van der Waals surface area contributed by atoms with Crippen molar-refractivity contribution in [2.75, 3.05) is 0 Å². The summed E-state index contributed by atoms with van der Waals surface area (Å²) in [5.74, 6) is 0.637. The predicted molar refractivity (Wildman–Crippen MR) is 66.8 cm³/mol. The molecule has 16 heavy (non-hydrogen) atoms. The summed E-state index contributed by atoms with van der Waals surface area (Å²) in [6.07, 6.45) is 6.14. The summed E-state index contributed by atoms with van der Waals surface area (Å²) < 4.78 is 0. The maximum atomic E-state index is 12.3. The van der Waals surface area contributed by atoms with Gasteiger partial charge in [0.1, 0.15) is 0 Å². The van der Waals surface area contributed by atoms with Crippen LogP contribution in [0.2, 0.25) is 0 Å². The lowest BCUT2D eigenvalue weighted by atomic mass is 9.89. The zero-order valence-corrected chi connectivity index (χ0v) is 9.83. The number of ketones is 1. The van der Waals surface area contributed by atoms with Gasteiger partial charge in [0.2, 0.25) is 0 Å². The monoisotopic (exact) mass is 228 g/mol. The number of thioether (sulfide) groups is 1. The van der Waals surface area contributed by atoms with E-state index in [4.69, 9.17) is 0 Å². The first-order valence-corrected chi connectivity index (χ1v) is 6.34. The van der Waals surface area contributed by atoms with Gasteiger partial charge in [-0.3, -0.25) is 4.79 Å². The van der Waals surface area contributed by atoms with Gasteiger partial charge in [0.15, 0.2) is 5.78 Å². The lowest BCUT2D eigenvalue weighted by Gasteiger charge is -2.30. The molecule has 0 bridgehead atoms. The normalized spacial score (nSPS) is 27.1. The maximum Gasteiger partial charge on any atom is 0.191 e. The molecular formula is C14H12OS. The van der Waals surface area contributed by atoms with E-state index >= 15 is 0 Å². The number of carbonyl (C=O) groups is 1. The molecule has 1 aliphatic heterocycles. The Morgan fingerprint density at radius 1 is 1.25 bits per heavy atom. The molecule has 0 saturated heterocycles. The standard InChI is InChI=1S/C14H12OS/c1-9-5-4-7-11-13(15)10-6-2-3-8-12(10)16-14(9)11/h2-9,14H,1H3. The lowest BCUT2D eigenvalue weighted by Crippen LogP contribution is -2.27. The molecule has 2 unspecified atom stereocenters. The van der Waals surface area contributed by atoms with Gasteiger partial charge in [0, 0.05) is 21.3 Å². The molecule has 0 amide bonds. The van der Waals surface area contributed by atoms with E-state index in [-0.39, 0.29) is 5.78 Å². The van der Waals surface area contributed by atoms with Gasteiger partial charge in [0.05, 0.1) is 0 Å². The number of benzene rings is 1. The Labute approximate surface area is 99.2 Å². The predicted octanol–water partition coefficient (Wildman–Crippen LogP) is 3.48. The molecule has 0 spiro atoms. The van der Waals surface area contributed by atoms with Crippen LogP contribution in [0.4, 0.5) is 0 Å². The molecule has 0 saturated carbocycles.